The van der Waals surface area contributed by atoms with E-state index in [0.717, 1.165) is 25.7 Å². The second-order valence-electron chi connectivity index (χ2n) is 5.26. The SMILES string of the molecule is CCOCCOC(C)C(=O)NC1(CC(=O)O)CCCC1. The van der Waals surface area contributed by atoms with Crippen LogP contribution in [0.5, 0.6) is 0 Å². The minimum absolute atomic E-state index is 0.0234. The monoisotopic (exact) mass is 287 g/mol. The van der Waals surface area contributed by atoms with Crippen molar-refractivity contribution in [3.63, 3.8) is 0 Å². The van der Waals surface area contributed by atoms with E-state index in [2.05, 4.69) is 5.32 Å². The van der Waals surface area contributed by atoms with Crippen molar-refractivity contribution in [1.29, 1.82) is 0 Å². The van der Waals surface area contributed by atoms with E-state index in [1.165, 1.54) is 0 Å². The summed E-state index contributed by atoms with van der Waals surface area (Å²) in [7, 11) is 0. The summed E-state index contributed by atoms with van der Waals surface area (Å²) in [6.45, 7) is 4.99. The highest BCUT2D eigenvalue weighted by Crippen LogP contribution is 2.32. The maximum absolute atomic E-state index is 12.1. The summed E-state index contributed by atoms with van der Waals surface area (Å²) in [6.07, 6.45) is 2.72. The molecule has 0 bridgehead atoms. The molecule has 1 atom stereocenters. The summed E-state index contributed by atoms with van der Waals surface area (Å²) in [5.74, 6) is -1.12. The molecule has 6 heteroatoms. The molecule has 0 spiro atoms. The molecule has 6 nitrogen and oxygen atoms in total. The zero-order chi connectivity index (χ0) is 15.0. The van der Waals surface area contributed by atoms with Gasteiger partial charge in [-0.3, -0.25) is 9.59 Å². The van der Waals surface area contributed by atoms with Crippen LogP contribution in [0.25, 0.3) is 0 Å². The smallest absolute Gasteiger partial charge is 0.305 e. The molecular formula is C14H25NO5. The number of nitrogens with one attached hydrogen (secondary N) is 1. The van der Waals surface area contributed by atoms with Crippen LogP contribution in [0.1, 0.15) is 46.0 Å². The molecule has 20 heavy (non-hydrogen) atoms. The van der Waals surface area contributed by atoms with Gasteiger partial charge in [-0.15, -0.1) is 0 Å². The highest BCUT2D eigenvalue weighted by atomic mass is 16.5. The molecule has 1 amide bonds. The number of carbonyl (C=O) groups is 2. The average molecular weight is 287 g/mol. The summed E-state index contributed by atoms with van der Waals surface area (Å²) < 4.78 is 10.5. The third kappa shape index (κ3) is 5.46. The van der Waals surface area contributed by atoms with Crippen molar-refractivity contribution in [2.75, 3.05) is 19.8 Å². The largest absolute Gasteiger partial charge is 0.481 e. The van der Waals surface area contributed by atoms with E-state index in [4.69, 9.17) is 14.6 Å². The normalized spacial score (nSPS) is 18.7. The van der Waals surface area contributed by atoms with Gasteiger partial charge in [0.25, 0.3) is 0 Å². The van der Waals surface area contributed by atoms with Gasteiger partial charge < -0.3 is 19.9 Å². The van der Waals surface area contributed by atoms with Gasteiger partial charge >= 0.3 is 5.97 Å². The molecule has 1 saturated carbocycles. The zero-order valence-electron chi connectivity index (χ0n) is 12.3. The Kier molecular flexibility index (Phi) is 6.95. The van der Waals surface area contributed by atoms with Gasteiger partial charge in [0.1, 0.15) is 6.10 Å². The lowest BCUT2D eigenvalue weighted by Gasteiger charge is -2.30. The first kappa shape index (κ1) is 16.9. The van der Waals surface area contributed by atoms with Crippen molar-refractivity contribution in [2.24, 2.45) is 0 Å². The third-order valence-electron chi connectivity index (χ3n) is 3.61. The van der Waals surface area contributed by atoms with E-state index in [1.54, 1.807) is 6.92 Å². The lowest BCUT2D eigenvalue weighted by molar-refractivity contribution is -0.140. The van der Waals surface area contributed by atoms with E-state index in [-0.39, 0.29) is 12.3 Å². The number of ether oxygens (including phenoxy) is 2. The Labute approximate surface area is 119 Å². The predicted molar refractivity (Wildman–Crippen MR) is 73.5 cm³/mol. The number of carboxylic acid groups (broad SMARTS) is 1. The van der Waals surface area contributed by atoms with Gasteiger partial charge in [-0.1, -0.05) is 12.8 Å². The Morgan fingerprint density at radius 2 is 1.95 bits per heavy atom. The molecule has 1 unspecified atom stereocenters. The Balaban J connectivity index is 2.43. The van der Waals surface area contributed by atoms with Crippen LogP contribution in [-0.2, 0) is 19.1 Å². The lowest BCUT2D eigenvalue weighted by atomic mass is 9.93. The lowest BCUT2D eigenvalue weighted by Crippen LogP contribution is -2.51. The van der Waals surface area contributed by atoms with Gasteiger partial charge in [0, 0.05) is 6.61 Å². The molecule has 2 N–H and O–H groups in total. The Bertz CT molecular complexity index is 326. The molecular weight excluding hydrogens is 262 g/mol. The fourth-order valence-corrected chi connectivity index (χ4v) is 2.55. The Morgan fingerprint density at radius 1 is 1.30 bits per heavy atom. The number of carboxylic acids is 1. The van der Waals surface area contributed by atoms with Crippen LogP contribution < -0.4 is 5.32 Å². The number of amides is 1. The average Bonchev–Trinajstić information content (AvgIpc) is 2.81. The fourth-order valence-electron chi connectivity index (χ4n) is 2.55. The molecule has 1 fully saturated rings. The van der Waals surface area contributed by atoms with Gasteiger partial charge in [-0.25, -0.2) is 0 Å². The first-order chi connectivity index (χ1) is 9.49. The summed E-state index contributed by atoms with van der Waals surface area (Å²) in [5, 5.41) is 11.9. The number of aliphatic carboxylic acids is 1. The molecule has 0 heterocycles. The summed E-state index contributed by atoms with van der Waals surface area (Å²) >= 11 is 0. The van der Waals surface area contributed by atoms with Crippen LogP contribution in [0.2, 0.25) is 0 Å². The molecule has 1 rings (SSSR count). The zero-order valence-corrected chi connectivity index (χ0v) is 12.3. The summed E-state index contributed by atoms with van der Waals surface area (Å²) in [5.41, 5.74) is -0.597. The van der Waals surface area contributed by atoms with Gasteiger partial charge in [-0.2, -0.15) is 0 Å². The number of rotatable bonds is 9. The van der Waals surface area contributed by atoms with Crippen molar-refractivity contribution < 1.29 is 24.2 Å². The second-order valence-corrected chi connectivity index (χ2v) is 5.26. The van der Waals surface area contributed by atoms with Crippen LogP contribution >= 0.6 is 0 Å². The number of carbonyl (C=O) groups excluding carboxylic acids is 1. The van der Waals surface area contributed by atoms with Crippen molar-refractivity contribution in [2.45, 2.75) is 57.6 Å². The molecule has 116 valence electrons. The van der Waals surface area contributed by atoms with Gasteiger partial charge in [-0.05, 0) is 26.7 Å². The Morgan fingerprint density at radius 3 is 2.50 bits per heavy atom. The molecule has 0 aromatic carbocycles. The number of hydrogen-bond acceptors (Lipinski definition) is 4. The molecule has 0 aromatic rings. The quantitative estimate of drug-likeness (QED) is 0.625. The minimum Gasteiger partial charge on any atom is -0.481 e. The van der Waals surface area contributed by atoms with E-state index >= 15 is 0 Å². The summed E-state index contributed by atoms with van der Waals surface area (Å²) in [6, 6.07) is 0. The highest BCUT2D eigenvalue weighted by Gasteiger charge is 2.38. The molecule has 0 aliphatic heterocycles. The second kappa shape index (κ2) is 8.21. The number of hydrogen-bond donors (Lipinski definition) is 2. The van der Waals surface area contributed by atoms with Crippen LogP contribution in [-0.4, -0.2) is 48.4 Å². The first-order valence-corrected chi connectivity index (χ1v) is 7.22. The van der Waals surface area contributed by atoms with Gasteiger partial charge in [0.15, 0.2) is 0 Å². The maximum atomic E-state index is 12.1. The summed E-state index contributed by atoms with van der Waals surface area (Å²) in [4.78, 5) is 23.0. The topological polar surface area (TPSA) is 84.9 Å². The third-order valence-corrected chi connectivity index (χ3v) is 3.61. The van der Waals surface area contributed by atoms with Gasteiger partial charge in [0.05, 0.1) is 25.2 Å². The Hall–Kier alpha value is -1.14. The van der Waals surface area contributed by atoms with Crippen LogP contribution in [0.4, 0.5) is 0 Å². The fraction of sp³-hybridized carbons (Fsp3) is 0.857. The minimum atomic E-state index is -0.878. The van der Waals surface area contributed by atoms with Crippen LogP contribution in [0.3, 0.4) is 0 Å². The first-order valence-electron chi connectivity index (χ1n) is 7.22. The van der Waals surface area contributed by atoms with E-state index in [9.17, 15) is 9.59 Å². The molecule has 0 saturated heterocycles. The standard InChI is InChI=1S/C14H25NO5/c1-3-19-8-9-20-11(2)13(18)15-14(10-12(16)17)6-4-5-7-14/h11H,3-10H2,1-2H3,(H,15,18)(H,16,17). The van der Waals surface area contributed by atoms with Crippen molar-refractivity contribution in [3.8, 4) is 0 Å². The molecule has 0 radical (unpaired) electrons. The van der Waals surface area contributed by atoms with E-state index < -0.39 is 17.6 Å². The predicted octanol–water partition coefficient (Wildman–Crippen LogP) is 1.33. The van der Waals surface area contributed by atoms with Crippen molar-refractivity contribution in [1.82, 2.24) is 5.32 Å². The van der Waals surface area contributed by atoms with Crippen LogP contribution in [0.15, 0.2) is 0 Å². The van der Waals surface area contributed by atoms with Crippen LogP contribution in [0, 0.1) is 0 Å². The molecule has 1 aliphatic rings. The highest BCUT2D eigenvalue weighted by molar-refractivity contribution is 5.82. The van der Waals surface area contributed by atoms with Crippen molar-refractivity contribution >= 4 is 11.9 Å². The van der Waals surface area contributed by atoms with Gasteiger partial charge in [0.2, 0.25) is 5.91 Å². The molecule has 0 aromatic heterocycles. The van der Waals surface area contributed by atoms with Crippen molar-refractivity contribution in [3.05, 3.63) is 0 Å². The molecule has 1 aliphatic carbocycles. The van der Waals surface area contributed by atoms with E-state index in [0.29, 0.717) is 19.8 Å². The maximum Gasteiger partial charge on any atom is 0.305 e. The van der Waals surface area contributed by atoms with E-state index in [1.807, 2.05) is 6.92 Å².